The first-order chi connectivity index (χ1) is 16.6. The van der Waals surface area contributed by atoms with Crippen LogP contribution in [0.1, 0.15) is 30.7 Å². The molecular weight excluding hydrogens is 475 g/mol. The van der Waals surface area contributed by atoms with Gasteiger partial charge >= 0.3 is 6.18 Å². The van der Waals surface area contributed by atoms with Crippen LogP contribution in [0.3, 0.4) is 0 Å². The summed E-state index contributed by atoms with van der Waals surface area (Å²) in [6.45, 7) is 1.22. The largest absolute Gasteiger partial charge is 0.434 e. The van der Waals surface area contributed by atoms with E-state index in [1.165, 1.54) is 6.20 Å². The Kier molecular flexibility index (Phi) is 5.75. The van der Waals surface area contributed by atoms with Crippen LogP contribution in [-0.2, 0) is 24.1 Å². The van der Waals surface area contributed by atoms with Crippen molar-refractivity contribution in [1.82, 2.24) is 34.6 Å². The number of piperidine rings is 1. The molecule has 0 unspecified atom stereocenters. The van der Waals surface area contributed by atoms with Crippen LogP contribution in [0.2, 0.25) is 0 Å². The number of carbonyl (C=O) groups is 1. The lowest BCUT2D eigenvalue weighted by atomic mass is 9.77. The topological polar surface area (TPSA) is 92.9 Å². The number of alkyl halides is 5. The summed E-state index contributed by atoms with van der Waals surface area (Å²) in [7, 11) is 0. The van der Waals surface area contributed by atoms with Crippen molar-refractivity contribution in [3.05, 3.63) is 36.2 Å². The van der Waals surface area contributed by atoms with Gasteiger partial charge in [0.05, 0.1) is 37.0 Å². The van der Waals surface area contributed by atoms with Gasteiger partial charge in [0.2, 0.25) is 5.91 Å². The van der Waals surface area contributed by atoms with Crippen LogP contribution in [0.5, 0.6) is 0 Å². The minimum atomic E-state index is -4.57. The Morgan fingerprint density at radius 1 is 1.03 bits per heavy atom. The molecule has 1 spiro atoms. The van der Waals surface area contributed by atoms with E-state index >= 15 is 0 Å². The number of amides is 1. The number of likely N-dealkylation sites (tertiary alicyclic amines) is 1. The number of anilines is 1. The molecule has 0 aromatic carbocycles. The number of halogens is 5. The van der Waals surface area contributed by atoms with E-state index in [-0.39, 0.29) is 17.9 Å². The fraction of sp³-hybridized carbons (Fsp3) is 0.524. The molecule has 35 heavy (non-hydrogen) atoms. The molecule has 3 aromatic heterocycles. The van der Waals surface area contributed by atoms with Gasteiger partial charge in [0.1, 0.15) is 17.9 Å². The van der Waals surface area contributed by atoms with E-state index < -0.39 is 24.8 Å². The Morgan fingerprint density at radius 3 is 2.46 bits per heavy atom. The summed E-state index contributed by atoms with van der Waals surface area (Å²) in [6, 6.07) is 0. The smallest absolute Gasteiger partial charge is 0.355 e. The fourth-order valence-electron chi connectivity index (χ4n) is 4.71. The van der Waals surface area contributed by atoms with Crippen molar-refractivity contribution >= 4 is 22.9 Å². The van der Waals surface area contributed by atoms with Crippen LogP contribution in [0.4, 0.5) is 27.8 Å². The Balaban J connectivity index is 1.23. The maximum Gasteiger partial charge on any atom is 0.434 e. The number of hydrogen-bond donors (Lipinski definition) is 0. The number of aromatic nitrogens is 6. The van der Waals surface area contributed by atoms with Gasteiger partial charge < -0.3 is 9.80 Å². The van der Waals surface area contributed by atoms with E-state index in [1.807, 2.05) is 4.90 Å². The predicted octanol–water partition coefficient (Wildman–Crippen LogP) is 2.92. The summed E-state index contributed by atoms with van der Waals surface area (Å²) in [6.07, 6.45) is -0.662. The molecule has 0 N–H and O–H groups in total. The van der Waals surface area contributed by atoms with Gasteiger partial charge in [-0.25, -0.2) is 28.4 Å². The van der Waals surface area contributed by atoms with Crippen molar-refractivity contribution in [1.29, 1.82) is 0 Å². The Labute approximate surface area is 196 Å². The van der Waals surface area contributed by atoms with Crippen molar-refractivity contribution in [3.8, 4) is 0 Å². The van der Waals surface area contributed by atoms with Gasteiger partial charge in [-0.05, 0) is 12.8 Å². The summed E-state index contributed by atoms with van der Waals surface area (Å²) in [4.78, 5) is 32.3. The SMILES string of the molecule is O=C1CC2(CCN(c3cnc4cnn(CC(F)F)c4n3)CC2)CN1Cc1cnc(C(F)(F)F)cn1. The zero-order valence-corrected chi connectivity index (χ0v) is 18.4. The lowest BCUT2D eigenvalue weighted by Gasteiger charge is -2.39. The minimum absolute atomic E-state index is 0.0720. The Hall–Kier alpha value is -3.45. The highest BCUT2D eigenvalue weighted by Crippen LogP contribution is 2.42. The molecule has 0 bridgehead atoms. The van der Waals surface area contributed by atoms with Crippen LogP contribution < -0.4 is 4.90 Å². The zero-order valence-electron chi connectivity index (χ0n) is 18.4. The van der Waals surface area contributed by atoms with E-state index in [4.69, 9.17) is 0 Å². The molecule has 2 aliphatic rings. The van der Waals surface area contributed by atoms with Gasteiger partial charge in [-0.3, -0.25) is 9.78 Å². The minimum Gasteiger partial charge on any atom is -0.355 e. The summed E-state index contributed by atoms with van der Waals surface area (Å²) in [5.41, 5.74) is -0.294. The number of hydrogen-bond acceptors (Lipinski definition) is 7. The molecule has 5 rings (SSSR count). The van der Waals surface area contributed by atoms with E-state index in [0.29, 0.717) is 67.8 Å². The van der Waals surface area contributed by atoms with Gasteiger partial charge in [0.25, 0.3) is 6.43 Å². The molecular formula is C21H21F5N8O. The molecule has 3 aromatic rings. The first-order valence-electron chi connectivity index (χ1n) is 11.0. The summed E-state index contributed by atoms with van der Waals surface area (Å²) < 4.78 is 64.9. The second-order valence-electron chi connectivity index (χ2n) is 8.96. The third-order valence-corrected chi connectivity index (χ3v) is 6.55. The number of carbonyl (C=O) groups excluding carboxylic acids is 1. The average molecular weight is 496 g/mol. The number of fused-ring (bicyclic) bond motifs is 1. The van der Waals surface area contributed by atoms with Crippen molar-refractivity contribution < 1.29 is 26.7 Å². The molecule has 14 heteroatoms. The molecule has 0 atom stereocenters. The van der Waals surface area contributed by atoms with Gasteiger partial charge in [0, 0.05) is 31.5 Å². The summed E-state index contributed by atoms with van der Waals surface area (Å²) in [5.74, 6) is 0.488. The first kappa shape index (κ1) is 23.3. The lowest BCUT2D eigenvalue weighted by Crippen LogP contribution is -2.42. The lowest BCUT2D eigenvalue weighted by molar-refractivity contribution is -0.141. The highest BCUT2D eigenvalue weighted by molar-refractivity contribution is 5.79. The summed E-state index contributed by atoms with van der Waals surface area (Å²) in [5, 5.41) is 3.93. The molecule has 0 aliphatic carbocycles. The molecule has 2 fully saturated rings. The molecule has 186 valence electrons. The van der Waals surface area contributed by atoms with E-state index in [0.717, 1.165) is 10.9 Å². The van der Waals surface area contributed by atoms with Crippen molar-refractivity contribution in [2.45, 2.75) is 45.0 Å². The third kappa shape index (κ3) is 4.73. The van der Waals surface area contributed by atoms with Gasteiger partial charge in [-0.15, -0.1) is 0 Å². The second kappa shape index (κ2) is 8.64. The van der Waals surface area contributed by atoms with Crippen molar-refractivity contribution in [2.75, 3.05) is 24.5 Å². The van der Waals surface area contributed by atoms with E-state index in [2.05, 4.69) is 25.0 Å². The van der Waals surface area contributed by atoms with Gasteiger partial charge in [-0.1, -0.05) is 0 Å². The van der Waals surface area contributed by atoms with E-state index in [1.54, 1.807) is 11.1 Å². The number of nitrogens with zero attached hydrogens (tertiary/aromatic N) is 8. The van der Waals surface area contributed by atoms with Crippen LogP contribution in [-0.4, -0.2) is 66.6 Å². The molecule has 0 saturated carbocycles. The predicted molar refractivity (Wildman–Crippen MR) is 112 cm³/mol. The Bertz CT molecular complexity index is 1220. The molecule has 2 saturated heterocycles. The summed E-state index contributed by atoms with van der Waals surface area (Å²) >= 11 is 0. The monoisotopic (exact) mass is 496 g/mol. The van der Waals surface area contributed by atoms with Crippen LogP contribution in [0.25, 0.3) is 11.2 Å². The highest BCUT2D eigenvalue weighted by Gasteiger charge is 2.45. The number of rotatable bonds is 5. The Morgan fingerprint density at radius 2 is 1.80 bits per heavy atom. The average Bonchev–Trinajstić information content (AvgIpc) is 3.33. The molecule has 9 nitrogen and oxygen atoms in total. The standard InChI is InChI=1S/C21H21F5N8O/c22-16(23)11-34-19-14(7-30-34)28-9-17(31-19)32-3-1-20(2-4-32)5-18(35)33(12-20)10-13-6-29-15(8-27-13)21(24,25)26/h6-9,16H,1-5,10-12H2. The highest BCUT2D eigenvalue weighted by atomic mass is 19.4. The van der Waals surface area contributed by atoms with Crippen molar-refractivity contribution in [2.24, 2.45) is 5.41 Å². The maximum absolute atomic E-state index is 12.8. The molecule has 2 aliphatic heterocycles. The van der Waals surface area contributed by atoms with Crippen LogP contribution in [0, 0.1) is 5.41 Å². The van der Waals surface area contributed by atoms with Crippen LogP contribution >= 0.6 is 0 Å². The second-order valence-corrected chi connectivity index (χ2v) is 8.96. The van der Waals surface area contributed by atoms with E-state index in [9.17, 15) is 26.7 Å². The van der Waals surface area contributed by atoms with Gasteiger partial charge in [0.15, 0.2) is 11.3 Å². The third-order valence-electron chi connectivity index (χ3n) is 6.55. The molecule has 0 radical (unpaired) electrons. The first-order valence-corrected chi connectivity index (χ1v) is 11.0. The van der Waals surface area contributed by atoms with Crippen LogP contribution in [0.15, 0.2) is 24.8 Å². The molecule has 5 heterocycles. The fourth-order valence-corrected chi connectivity index (χ4v) is 4.71. The van der Waals surface area contributed by atoms with Gasteiger partial charge in [-0.2, -0.15) is 18.3 Å². The van der Waals surface area contributed by atoms with Crippen molar-refractivity contribution in [3.63, 3.8) is 0 Å². The molecule has 1 amide bonds. The normalized spacial score (nSPS) is 18.4. The maximum atomic E-state index is 12.8. The quantitative estimate of drug-likeness (QED) is 0.502. The zero-order chi connectivity index (χ0) is 24.8.